The lowest BCUT2D eigenvalue weighted by Crippen LogP contribution is -2.17. The first-order valence-electron chi connectivity index (χ1n) is 7.26. The molecule has 2 N–H and O–H groups in total. The Balaban J connectivity index is 1.98. The molecule has 1 aliphatic heterocycles. The van der Waals surface area contributed by atoms with Crippen LogP contribution >= 0.6 is 0 Å². The number of rotatable bonds is 8. The summed E-state index contributed by atoms with van der Waals surface area (Å²) in [5.41, 5.74) is 0. The Bertz CT molecular complexity index is 410. The second kappa shape index (κ2) is 7.84. The van der Waals surface area contributed by atoms with Crippen LogP contribution < -0.4 is 15.4 Å². The van der Waals surface area contributed by atoms with Gasteiger partial charge in [-0.15, -0.1) is 0 Å². The fourth-order valence-corrected chi connectivity index (χ4v) is 1.93. The van der Waals surface area contributed by atoms with Crippen molar-refractivity contribution in [2.75, 3.05) is 43.5 Å². The van der Waals surface area contributed by atoms with E-state index in [4.69, 9.17) is 9.47 Å². The first kappa shape index (κ1) is 14.8. The number of hydrogen-bond donors (Lipinski definition) is 2. The lowest BCUT2D eigenvalue weighted by Gasteiger charge is -2.11. The molecule has 2 rings (SSSR count). The molecule has 1 saturated heterocycles. The van der Waals surface area contributed by atoms with Crippen molar-refractivity contribution >= 4 is 11.9 Å². The van der Waals surface area contributed by atoms with Crippen LogP contribution in [0.15, 0.2) is 0 Å². The molecule has 1 atom stereocenters. The molecule has 20 heavy (non-hydrogen) atoms. The minimum absolute atomic E-state index is 0.353. The molecular formula is C13H23N5O2. The third-order valence-electron chi connectivity index (χ3n) is 2.99. The largest absolute Gasteiger partial charge is 0.464 e. The summed E-state index contributed by atoms with van der Waals surface area (Å²) in [4.78, 5) is 12.8. The van der Waals surface area contributed by atoms with Crippen LogP contribution in [0.2, 0.25) is 0 Å². The maximum Gasteiger partial charge on any atom is 0.323 e. The van der Waals surface area contributed by atoms with Gasteiger partial charge in [0.1, 0.15) is 0 Å². The van der Waals surface area contributed by atoms with Gasteiger partial charge in [0.25, 0.3) is 0 Å². The van der Waals surface area contributed by atoms with Crippen molar-refractivity contribution in [3.05, 3.63) is 0 Å². The quantitative estimate of drug-likeness (QED) is 0.748. The van der Waals surface area contributed by atoms with Crippen molar-refractivity contribution in [2.45, 2.75) is 26.7 Å². The molecular weight excluding hydrogens is 258 g/mol. The van der Waals surface area contributed by atoms with Gasteiger partial charge in [-0.25, -0.2) is 0 Å². The number of nitrogens with one attached hydrogen (secondary N) is 2. The Morgan fingerprint density at radius 1 is 1.20 bits per heavy atom. The van der Waals surface area contributed by atoms with Crippen LogP contribution in [0.5, 0.6) is 6.01 Å². The van der Waals surface area contributed by atoms with Crippen molar-refractivity contribution in [3.63, 3.8) is 0 Å². The van der Waals surface area contributed by atoms with Crippen LogP contribution in [-0.4, -0.2) is 47.9 Å². The van der Waals surface area contributed by atoms with Crippen LogP contribution in [0, 0.1) is 5.92 Å². The fraction of sp³-hybridized carbons (Fsp3) is 0.769. The van der Waals surface area contributed by atoms with E-state index < -0.39 is 0 Å². The summed E-state index contributed by atoms with van der Waals surface area (Å²) in [6.45, 7) is 7.82. The maximum absolute atomic E-state index is 5.37. The molecule has 7 nitrogen and oxygen atoms in total. The average molecular weight is 281 g/mol. The van der Waals surface area contributed by atoms with Crippen LogP contribution in [0.4, 0.5) is 11.9 Å². The van der Waals surface area contributed by atoms with Gasteiger partial charge in [-0.1, -0.05) is 6.92 Å². The van der Waals surface area contributed by atoms with Crippen molar-refractivity contribution < 1.29 is 9.47 Å². The molecule has 7 heteroatoms. The van der Waals surface area contributed by atoms with Gasteiger partial charge in [-0.2, -0.15) is 15.0 Å². The molecule has 0 radical (unpaired) electrons. The smallest absolute Gasteiger partial charge is 0.323 e. The van der Waals surface area contributed by atoms with Crippen LogP contribution in [0.25, 0.3) is 0 Å². The summed E-state index contributed by atoms with van der Waals surface area (Å²) in [6.07, 6.45) is 2.09. The van der Waals surface area contributed by atoms with E-state index >= 15 is 0 Å². The summed E-state index contributed by atoms with van der Waals surface area (Å²) >= 11 is 0. The second-order valence-corrected chi connectivity index (χ2v) is 4.74. The Hall–Kier alpha value is -1.63. The Kier molecular flexibility index (Phi) is 5.79. The van der Waals surface area contributed by atoms with Crippen molar-refractivity contribution in [1.29, 1.82) is 0 Å². The van der Waals surface area contributed by atoms with E-state index in [0.29, 0.717) is 30.4 Å². The zero-order chi connectivity index (χ0) is 14.2. The molecule has 0 amide bonds. The molecule has 112 valence electrons. The van der Waals surface area contributed by atoms with E-state index in [2.05, 4.69) is 32.5 Å². The number of aromatic nitrogens is 3. The first-order chi connectivity index (χ1) is 9.81. The topological polar surface area (TPSA) is 81.2 Å². The van der Waals surface area contributed by atoms with Crippen LogP contribution in [0.1, 0.15) is 26.7 Å². The molecule has 1 aromatic heterocycles. The normalized spacial score (nSPS) is 18.0. The molecule has 1 aromatic rings. The average Bonchev–Trinajstić information content (AvgIpc) is 2.96. The molecule has 0 bridgehead atoms. The number of nitrogens with zero attached hydrogens (tertiary/aromatic N) is 3. The fourth-order valence-electron chi connectivity index (χ4n) is 1.93. The molecule has 0 saturated carbocycles. The Labute approximate surface area is 119 Å². The van der Waals surface area contributed by atoms with Gasteiger partial charge in [0.15, 0.2) is 0 Å². The number of ether oxygens (including phenoxy) is 2. The third kappa shape index (κ3) is 4.48. The third-order valence-corrected chi connectivity index (χ3v) is 2.99. The van der Waals surface area contributed by atoms with E-state index in [1.807, 2.05) is 6.92 Å². The minimum atomic E-state index is 0.353. The summed E-state index contributed by atoms with van der Waals surface area (Å²) in [5.74, 6) is 1.62. The Morgan fingerprint density at radius 3 is 2.65 bits per heavy atom. The van der Waals surface area contributed by atoms with Gasteiger partial charge in [0.05, 0.1) is 13.2 Å². The van der Waals surface area contributed by atoms with Gasteiger partial charge >= 0.3 is 6.01 Å². The highest BCUT2D eigenvalue weighted by Gasteiger charge is 2.16. The van der Waals surface area contributed by atoms with E-state index in [1.54, 1.807) is 0 Å². The lowest BCUT2D eigenvalue weighted by atomic mass is 10.1. The highest BCUT2D eigenvalue weighted by atomic mass is 16.5. The molecule has 0 spiro atoms. The highest BCUT2D eigenvalue weighted by molar-refractivity contribution is 5.35. The SMILES string of the molecule is CCCNc1nc(NCC2CCOC2)nc(OCC)n1. The van der Waals surface area contributed by atoms with Crippen molar-refractivity contribution in [3.8, 4) is 6.01 Å². The van der Waals surface area contributed by atoms with Gasteiger partial charge in [0, 0.05) is 25.6 Å². The summed E-state index contributed by atoms with van der Waals surface area (Å²) in [7, 11) is 0. The van der Waals surface area contributed by atoms with Gasteiger partial charge in [0.2, 0.25) is 11.9 Å². The lowest BCUT2D eigenvalue weighted by molar-refractivity contribution is 0.187. The molecule has 1 fully saturated rings. The van der Waals surface area contributed by atoms with Gasteiger partial charge in [-0.3, -0.25) is 0 Å². The number of anilines is 2. The maximum atomic E-state index is 5.37. The van der Waals surface area contributed by atoms with Crippen molar-refractivity contribution in [1.82, 2.24) is 15.0 Å². The molecule has 1 aliphatic rings. The zero-order valence-electron chi connectivity index (χ0n) is 12.2. The molecule has 1 unspecified atom stereocenters. The minimum Gasteiger partial charge on any atom is -0.464 e. The predicted molar refractivity (Wildman–Crippen MR) is 77.2 cm³/mol. The van der Waals surface area contributed by atoms with Gasteiger partial charge < -0.3 is 20.1 Å². The monoisotopic (exact) mass is 281 g/mol. The van der Waals surface area contributed by atoms with E-state index in [-0.39, 0.29) is 0 Å². The first-order valence-corrected chi connectivity index (χ1v) is 7.26. The summed E-state index contributed by atoms with van der Waals surface area (Å²) in [6, 6.07) is 0.353. The van der Waals surface area contributed by atoms with Gasteiger partial charge in [-0.05, 0) is 19.8 Å². The summed E-state index contributed by atoms with van der Waals surface area (Å²) in [5, 5.41) is 6.39. The van der Waals surface area contributed by atoms with Crippen molar-refractivity contribution in [2.24, 2.45) is 5.92 Å². The molecule has 0 aliphatic carbocycles. The highest BCUT2D eigenvalue weighted by Crippen LogP contribution is 2.15. The Morgan fingerprint density at radius 2 is 2.00 bits per heavy atom. The predicted octanol–water partition coefficient (Wildman–Crippen LogP) is 1.54. The zero-order valence-corrected chi connectivity index (χ0v) is 12.2. The van der Waals surface area contributed by atoms with Crippen LogP contribution in [0.3, 0.4) is 0 Å². The second-order valence-electron chi connectivity index (χ2n) is 4.74. The number of hydrogen-bond acceptors (Lipinski definition) is 7. The van der Waals surface area contributed by atoms with E-state index in [1.165, 1.54) is 0 Å². The van der Waals surface area contributed by atoms with E-state index in [0.717, 1.165) is 39.1 Å². The molecule has 0 aromatic carbocycles. The standard InChI is InChI=1S/C13H23N5O2/c1-3-6-14-11-16-12(18-13(17-11)20-4-2)15-8-10-5-7-19-9-10/h10H,3-9H2,1-2H3,(H2,14,15,16,17,18). The molecule has 2 heterocycles. The van der Waals surface area contributed by atoms with Crippen LogP contribution in [-0.2, 0) is 4.74 Å². The summed E-state index contributed by atoms with van der Waals surface area (Å²) < 4.78 is 10.7. The van der Waals surface area contributed by atoms with E-state index in [9.17, 15) is 0 Å².